The van der Waals surface area contributed by atoms with Gasteiger partial charge in [-0.25, -0.2) is 9.78 Å². The summed E-state index contributed by atoms with van der Waals surface area (Å²) in [5, 5.41) is 15.0. The molecule has 0 aliphatic carbocycles. The fourth-order valence-corrected chi connectivity index (χ4v) is 5.41. The minimum absolute atomic E-state index is 0.00275. The molecule has 2 aromatic rings. The number of carbonyl (C=O) groups excluding carboxylic acids is 1. The number of carbonyl (C=O) groups is 2. The second kappa shape index (κ2) is 10.5. The molecule has 0 radical (unpaired) electrons. The van der Waals surface area contributed by atoms with Gasteiger partial charge < -0.3 is 30.8 Å². The first-order valence-electron chi connectivity index (χ1n) is 11.4. The van der Waals surface area contributed by atoms with Gasteiger partial charge in [0.2, 0.25) is 0 Å². The second-order valence-electron chi connectivity index (χ2n) is 10.1. The molecule has 0 unspecified atom stereocenters. The van der Waals surface area contributed by atoms with Crippen LogP contribution in [0.15, 0.2) is 35.2 Å². The van der Waals surface area contributed by atoms with E-state index in [1.54, 1.807) is 30.6 Å². The zero-order valence-corrected chi connectivity index (χ0v) is 23.2. The quantitative estimate of drug-likeness (QED) is 0.300. The Balaban J connectivity index is 1.83. The van der Waals surface area contributed by atoms with Crippen molar-refractivity contribution in [3.05, 3.63) is 40.9 Å². The highest BCUT2D eigenvalue weighted by Gasteiger charge is 2.42. The average Bonchev–Trinajstić information content (AvgIpc) is 2.75. The van der Waals surface area contributed by atoms with Crippen LogP contribution < -0.4 is 21.3 Å². The van der Waals surface area contributed by atoms with E-state index in [1.165, 1.54) is 0 Å². The maximum atomic E-state index is 12.9. The number of nitrogen functional groups attached to an aromatic ring is 1. The number of hydrogen-bond donors (Lipinski definition) is 4. The summed E-state index contributed by atoms with van der Waals surface area (Å²) in [6, 6.07) is 4.62. The molecule has 1 aliphatic rings. The van der Waals surface area contributed by atoms with Gasteiger partial charge in [0.1, 0.15) is 4.60 Å². The van der Waals surface area contributed by atoms with Crippen molar-refractivity contribution >= 4 is 53.3 Å². The fourth-order valence-electron chi connectivity index (χ4n) is 3.71. The number of amides is 2. The maximum absolute atomic E-state index is 12.9. The summed E-state index contributed by atoms with van der Waals surface area (Å²) in [4.78, 5) is 34.9. The van der Waals surface area contributed by atoms with Crippen LogP contribution in [0.3, 0.4) is 0 Å². The largest absolute Gasteiger partial charge is 0.465 e. The number of halogens is 1. The summed E-state index contributed by atoms with van der Waals surface area (Å²) in [5.41, 5.74) is 7.50. The topological polar surface area (TPSA) is 143 Å². The zero-order valence-electron chi connectivity index (χ0n) is 20.6. The predicted molar refractivity (Wildman–Crippen MR) is 142 cm³/mol. The highest BCUT2D eigenvalue weighted by atomic mass is 79.9. The molecule has 35 heavy (non-hydrogen) atoms. The minimum Gasteiger partial charge on any atom is -0.465 e. The third-order valence-corrected chi connectivity index (χ3v) is 11.6. The third kappa shape index (κ3) is 6.50. The smallest absolute Gasteiger partial charge is 0.405 e. The van der Waals surface area contributed by atoms with Crippen LogP contribution in [-0.2, 0) is 4.43 Å². The summed E-state index contributed by atoms with van der Waals surface area (Å²) in [6.45, 7) is 11.8. The van der Waals surface area contributed by atoms with Crippen molar-refractivity contribution in [2.45, 2.75) is 57.5 Å². The number of carboxylic acid groups (broad SMARTS) is 1. The van der Waals surface area contributed by atoms with Crippen LogP contribution in [0.25, 0.3) is 0 Å². The van der Waals surface area contributed by atoms with Crippen LogP contribution in [0.4, 0.5) is 21.9 Å². The zero-order chi connectivity index (χ0) is 26.0. The van der Waals surface area contributed by atoms with Crippen LogP contribution in [0.5, 0.6) is 0 Å². The van der Waals surface area contributed by atoms with Gasteiger partial charge in [-0.3, -0.25) is 9.78 Å². The molecule has 2 amide bonds. The molecule has 2 atom stereocenters. The van der Waals surface area contributed by atoms with Crippen LogP contribution in [0.2, 0.25) is 18.1 Å². The maximum Gasteiger partial charge on any atom is 0.405 e. The molecule has 1 aliphatic heterocycles. The van der Waals surface area contributed by atoms with Gasteiger partial charge in [-0.1, -0.05) is 20.8 Å². The van der Waals surface area contributed by atoms with Crippen molar-refractivity contribution < 1.29 is 19.1 Å². The number of anilines is 3. The lowest BCUT2D eigenvalue weighted by atomic mass is 10.0. The summed E-state index contributed by atoms with van der Waals surface area (Å²) in [6.07, 6.45) is 2.48. The molecule has 3 heterocycles. The molecule has 2 aromatic heterocycles. The first kappa shape index (κ1) is 26.9. The Labute approximate surface area is 214 Å². The monoisotopic (exact) mass is 564 g/mol. The second-order valence-corrected chi connectivity index (χ2v) is 15.7. The van der Waals surface area contributed by atoms with Gasteiger partial charge in [0.25, 0.3) is 5.91 Å². The number of piperidine rings is 1. The van der Waals surface area contributed by atoms with Gasteiger partial charge in [-0.15, -0.1) is 0 Å². The van der Waals surface area contributed by atoms with E-state index in [0.717, 1.165) is 5.69 Å². The van der Waals surface area contributed by atoms with Gasteiger partial charge in [0.15, 0.2) is 14.0 Å². The molecule has 3 rings (SSSR count). The van der Waals surface area contributed by atoms with E-state index in [2.05, 4.69) is 70.4 Å². The number of aromatic nitrogens is 2. The lowest BCUT2D eigenvalue weighted by molar-refractivity contribution is 0.102. The summed E-state index contributed by atoms with van der Waals surface area (Å²) < 4.78 is 7.09. The van der Waals surface area contributed by atoms with Gasteiger partial charge in [-0.2, -0.15) is 0 Å². The summed E-state index contributed by atoms with van der Waals surface area (Å²) in [5.74, 6) is -0.464. The highest BCUT2D eigenvalue weighted by Crippen LogP contribution is 2.39. The number of nitrogens with zero attached hydrogens (tertiary/aromatic N) is 3. The first-order valence-corrected chi connectivity index (χ1v) is 15.1. The SMILES string of the molecule is CC(C)(C)[Si](C)(C)O[C@@H]1CCN(c2ccncc2NC(=O)c2nc(Br)ccc2N)C[C@H]1NC(=O)O. The lowest BCUT2D eigenvalue weighted by Crippen LogP contribution is -2.59. The average molecular weight is 566 g/mol. The van der Waals surface area contributed by atoms with Crippen LogP contribution in [-0.4, -0.2) is 60.6 Å². The van der Waals surface area contributed by atoms with Crippen molar-refractivity contribution in [3.8, 4) is 0 Å². The van der Waals surface area contributed by atoms with Crippen molar-refractivity contribution in [1.82, 2.24) is 15.3 Å². The van der Waals surface area contributed by atoms with E-state index < -0.39 is 26.4 Å². The molecule has 1 saturated heterocycles. The van der Waals surface area contributed by atoms with Crippen LogP contribution in [0.1, 0.15) is 37.7 Å². The van der Waals surface area contributed by atoms with E-state index >= 15 is 0 Å². The van der Waals surface area contributed by atoms with E-state index in [-0.39, 0.29) is 22.5 Å². The number of rotatable bonds is 6. The Morgan fingerprint density at radius 2 is 2.00 bits per heavy atom. The van der Waals surface area contributed by atoms with Crippen molar-refractivity contribution in [2.75, 3.05) is 29.0 Å². The molecule has 0 saturated carbocycles. The molecule has 12 heteroatoms. The molecule has 5 N–H and O–H groups in total. The number of nitrogens with two attached hydrogens (primary N) is 1. The number of pyridine rings is 2. The van der Waals surface area contributed by atoms with Gasteiger partial charge in [0, 0.05) is 19.3 Å². The van der Waals surface area contributed by atoms with Gasteiger partial charge in [-0.05, 0) is 58.7 Å². The molecule has 190 valence electrons. The number of nitrogens with one attached hydrogen (secondary N) is 2. The standard InChI is InChI=1S/C23H33BrN6O4Si/c1-23(2,3)35(4,5)34-18-9-11-30(13-16(18)28-22(32)33)17-8-10-26-12-15(17)27-21(31)20-14(25)6-7-19(24)29-20/h6-8,10,12,16,18,28H,9,11,13,25H2,1-5H3,(H,27,31)(H,32,33)/t16-,18-/m1/s1. The van der Waals surface area contributed by atoms with Crippen molar-refractivity contribution in [3.63, 3.8) is 0 Å². The van der Waals surface area contributed by atoms with Crippen LogP contribution >= 0.6 is 15.9 Å². The lowest BCUT2D eigenvalue weighted by Gasteiger charge is -2.45. The van der Waals surface area contributed by atoms with E-state index in [9.17, 15) is 14.7 Å². The van der Waals surface area contributed by atoms with E-state index in [0.29, 0.717) is 29.8 Å². The molecule has 0 bridgehead atoms. The molecule has 0 spiro atoms. The van der Waals surface area contributed by atoms with Crippen LogP contribution in [0, 0.1) is 0 Å². The van der Waals surface area contributed by atoms with Crippen molar-refractivity contribution in [1.29, 1.82) is 0 Å². The Morgan fingerprint density at radius 3 is 2.66 bits per heavy atom. The minimum atomic E-state index is -2.11. The van der Waals surface area contributed by atoms with E-state index in [4.69, 9.17) is 10.2 Å². The molecule has 10 nitrogen and oxygen atoms in total. The summed E-state index contributed by atoms with van der Waals surface area (Å²) in [7, 11) is -2.11. The Kier molecular flexibility index (Phi) is 8.07. The molecular formula is C23H33BrN6O4Si. The van der Waals surface area contributed by atoms with Crippen molar-refractivity contribution in [2.24, 2.45) is 0 Å². The number of hydrogen-bond acceptors (Lipinski definition) is 7. The third-order valence-electron chi connectivity index (χ3n) is 6.60. The Bertz CT molecular complexity index is 1090. The van der Waals surface area contributed by atoms with Gasteiger partial charge in [0.05, 0.1) is 35.4 Å². The molecule has 0 aromatic carbocycles. The normalized spacial score (nSPS) is 18.7. The fraction of sp³-hybridized carbons (Fsp3) is 0.478. The van der Waals surface area contributed by atoms with Gasteiger partial charge >= 0.3 is 6.09 Å². The Hall–Kier alpha value is -2.70. The summed E-state index contributed by atoms with van der Waals surface area (Å²) >= 11 is 3.26. The molecule has 1 fully saturated rings. The predicted octanol–water partition coefficient (Wildman–Crippen LogP) is 4.31. The highest BCUT2D eigenvalue weighted by molar-refractivity contribution is 9.10. The molecular weight excluding hydrogens is 532 g/mol. The first-order chi connectivity index (χ1) is 16.3. The Morgan fingerprint density at radius 1 is 1.29 bits per heavy atom. The van der Waals surface area contributed by atoms with E-state index in [1.807, 2.05) is 4.90 Å².